The Kier molecular flexibility index (Phi) is 5.29. The highest BCUT2D eigenvalue weighted by Crippen LogP contribution is 2.23. The highest BCUT2D eigenvalue weighted by Gasteiger charge is 2.04. The van der Waals surface area contributed by atoms with E-state index in [1.807, 2.05) is 0 Å². The smallest absolute Gasteiger partial charge is 0.187 e. The van der Waals surface area contributed by atoms with Gasteiger partial charge in [0.05, 0.1) is 0 Å². The van der Waals surface area contributed by atoms with Gasteiger partial charge in [0.15, 0.2) is 5.78 Å². The summed E-state index contributed by atoms with van der Waals surface area (Å²) in [6.07, 6.45) is 1.51. The van der Waals surface area contributed by atoms with Crippen LogP contribution in [0, 0.1) is 0 Å². The normalized spacial score (nSPS) is 11.3. The van der Waals surface area contributed by atoms with E-state index in [1.54, 1.807) is 49.4 Å². The first-order valence-corrected chi connectivity index (χ1v) is 7.29. The number of rotatable bonds is 4. The van der Waals surface area contributed by atoms with E-state index in [9.17, 15) is 4.79 Å². The van der Waals surface area contributed by atoms with Gasteiger partial charge < -0.3 is 5.32 Å². The van der Waals surface area contributed by atoms with E-state index in [-0.39, 0.29) is 5.78 Å². The Bertz CT molecular complexity index is 673. The number of ketones is 1. The van der Waals surface area contributed by atoms with Gasteiger partial charge in [-0.05, 0) is 49.4 Å². The molecule has 0 saturated heterocycles. The van der Waals surface area contributed by atoms with Crippen molar-refractivity contribution in [1.29, 1.82) is 0 Å². The fourth-order valence-corrected chi connectivity index (χ4v) is 2.44. The highest BCUT2D eigenvalue weighted by molar-refractivity contribution is 6.35. The average molecular weight is 341 g/mol. The average Bonchev–Trinajstić information content (AvgIpc) is 2.37. The van der Waals surface area contributed by atoms with E-state index in [4.69, 9.17) is 34.8 Å². The molecule has 0 aliphatic rings. The van der Waals surface area contributed by atoms with E-state index in [2.05, 4.69) is 5.32 Å². The first-order chi connectivity index (χ1) is 9.94. The minimum Gasteiger partial charge on any atom is -0.359 e. The number of halogens is 3. The molecular formula is C16H12Cl3NO. The number of anilines is 1. The van der Waals surface area contributed by atoms with Crippen LogP contribution in [-0.2, 0) is 0 Å². The second-order valence-electron chi connectivity index (χ2n) is 4.48. The van der Waals surface area contributed by atoms with Crippen molar-refractivity contribution >= 4 is 46.3 Å². The summed E-state index contributed by atoms with van der Waals surface area (Å²) in [5.41, 5.74) is 1.99. The van der Waals surface area contributed by atoms with Crippen LogP contribution in [0.5, 0.6) is 0 Å². The monoisotopic (exact) mass is 339 g/mol. The van der Waals surface area contributed by atoms with Crippen LogP contribution in [0.25, 0.3) is 0 Å². The Labute approximate surface area is 138 Å². The molecule has 21 heavy (non-hydrogen) atoms. The molecule has 0 aliphatic heterocycles. The highest BCUT2D eigenvalue weighted by atomic mass is 35.5. The summed E-state index contributed by atoms with van der Waals surface area (Å²) in [6, 6.07) is 11.8. The molecule has 0 fully saturated rings. The van der Waals surface area contributed by atoms with Crippen LogP contribution in [0.4, 0.5) is 5.69 Å². The number of hydrogen-bond donors (Lipinski definition) is 1. The van der Waals surface area contributed by atoms with Crippen molar-refractivity contribution in [3.63, 3.8) is 0 Å². The second-order valence-corrected chi connectivity index (χ2v) is 5.79. The molecule has 2 aromatic carbocycles. The Morgan fingerprint density at radius 2 is 1.52 bits per heavy atom. The van der Waals surface area contributed by atoms with E-state index in [0.29, 0.717) is 26.3 Å². The molecule has 0 unspecified atom stereocenters. The van der Waals surface area contributed by atoms with Crippen molar-refractivity contribution < 1.29 is 4.79 Å². The molecule has 0 saturated carbocycles. The van der Waals surface area contributed by atoms with Gasteiger partial charge in [-0.2, -0.15) is 0 Å². The van der Waals surface area contributed by atoms with Gasteiger partial charge in [-0.3, -0.25) is 4.79 Å². The number of benzene rings is 2. The zero-order valence-corrected chi connectivity index (χ0v) is 13.4. The van der Waals surface area contributed by atoms with E-state index >= 15 is 0 Å². The molecule has 1 N–H and O–H groups in total. The summed E-state index contributed by atoms with van der Waals surface area (Å²) in [5, 5.41) is 4.74. The summed E-state index contributed by atoms with van der Waals surface area (Å²) >= 11 is 17.6. The van der Waals surface area contributed by atoms with Gasteiger partial charge in [-0.15, -0.1) is 0 Å². The number of carbonyl (C=O) groups excluding carboxylic acids is 1. The maximum Gasteiger partial charge on any atom is 0.187 e. The molecule has 0 radical (unpaired) electrons. The lowest BCUT2D eigenvalue weighted by molar-refractivity contribution is 0.104. The molecule has 0 spiro atoms. The third-order valence-electron chi connectivity index (χ3n) is 2.68. The zero-order chi connectivity index (χ0) is 15.4. The lowest BCUT2D eigenvalue weighted by Crippen LogP contribution is -2.01. The zero-order valence-electron chi connectivity index (χ0n) is 11.2. The molecule has 0 aliphatic carbocycles. The Morgan fingerprint density at radius 1 is 0.952 bits per heavy atom. The third kappa shape index (κ3) is 4.78. The van der Waals surface area contributed by atoms with Crippen molar-refractivity contribution in [1.82, 2.24) is 0 Å². The number of carbonyl (C=O) groups is 1. The van der Waals surface area contributed by atoms with Gasteiger partial charge in [0.1, 0.15) is 0 Å². The quantitative estimate of drug-likeness (QED) is 0.559. The first kappa shape index (κ1) is 15.9. The van der Waals surface area contributed by atoms with Crippen molar-refractivity contribution in [2.24, 2.45) is 0 Å². The molecule has 0 amide bonds. The fraction of sp³-hybridized carbons (Fsp3) is 0.0625. The first-order valence-electron chi connectivity index (χ1n) is 6.15. The van der Waals surface area contributed by atoms with Crippen LogP contribution in [0.2, 0.25) is 15.1 Å². The number of allylic oxidation sites excluding steroid dienone is 2. The number of hydrogen-bond acceptors (Lipinski definition) is 2. The van der Waals surface area contributed by atoms with Crippen molar-refractivity contribution in [2.45, 2.75) is 6.92 Å². The largest absolute Gasteiger partial charge is 0.359 e. The molecule has 0 bridgehead atoms. The molecule has 2 nitrogen and oxygen atoms in total. The Balaban J connectivity index is 2.13. The molecule has 0 aromatic heterocycles. The topological polar surface area (TPSA) is 29.1 Å². The second kappa shape index (κ2) is 6.99. The lowest BCUT2D eigenvalue weighted by Gasteiger charge is -2.07. The Hall–Kier alpha value is -1.48. The fourth-order valence-electron chi connectivity index (χ4n) is 1.78. The summed E-state index contributed by atoms with van der Waals surface area (Å²) < 4.78 is 0. The van der Waals surface area contributed by atoms with Gasteiger partial charge in [-0.1, -0.05) is 34.8 Å². The Morgan fingerprint density at radius 3 is 2.10 bits per heavy atom. The van der Waals surface area contributed by atoms with Crippen LogP contribution in [0.3, 0.4) is 0 Å². The lowest BCUT2D eigenvalue weighted by atomic mass is 10.1. The molecule has 108 valence electrons. The van der Waals surface area contributed by atoms with Crippen LogP contribution in [0.15, 0.2) is 54.2 Å². The van der Waals surface area contributed by atoms with Gasteiger partial charge in [-0.25, -0.2) is 0 Å². The van der Waals surface area contributed by atoms with Gasteiger partial charge in [0.2, 0.25) is 0 Å². The molecule has 2 aromatic rings. The van der Waals surface area contributed by atoms with E-state index in [0.717, 1.165) is 5.69 Å². The van der Waals surface area contributed by atoms with Crippen molar-refractivity contribution in [3.05, 3.63) is 74.9 Å². The molecule has 5 heteroatoms. The van der Waals surface area contributed by atoms with Crippen LogP contribution < -0.4 is 5.32 Å². The van der Waals surface area contributed by atoms with E-state index in [1.165, 1.54) is 6.08 Å². The number of nitrogens with one attached hydrogen (secondary N) is 1. The predicted molar refractivity (Wildman–Crippen MR) is 89.6 cm³/mol. The molecule has 2 rings (SSSR count). The SMILES string of the molecule is C/C(=C\C(=O)c1ccc(Cl)cc1)Nc1cc(Cl)cc(Cl)c1. The maximum atomic E-state index is 12.1. The molecule has 0 heterocycles. The van der Waals surface area contributed by atoms with Gasteiger partial charge in [0, 0.05) is 38.1 Å². The minimum atomic E-state index is -0.107. The molecule has 0 atom stereocenters. The maximum absolute atomic E-state index is 12.1. The van der Waals surface area contributed by atoms with Crippen molar-refractivity contribution in [3.8, 4) is 0 Å². The van der Waals surface area contributed by atoms with Gasteiger partial charge >= 0.3 is 0 Å². The summed E-state index contributed by atoms with van der Waals surface area (Å²) in [6.45, 7) is 1.79. The summed E-state index contributed by atoms with van der Waals surface area (Å²) in [7, 11) is 0. The predicted octanol–water partition coefficient (Wildman–Crippen LogP) is 5.85. The third-order valence-corrected chi connectivity index (χ3v) is 3.37. The standard InChI is InChI=1S/C16H12Cl3NO/c1-10(20-15-8-13(18)7-14(19)9-15)6-16(21)11-2-4-12(17)5-3-11/h2-9,20H,1H3/b10-6+. The summed E-state index contributed by atoms with van der Waals surface area (Å²) in [4.78, 5) is 12.1. The van der Waals surface area contributed by atoms with E-state index < -0.39 is 0 Å². The molecular weight excluding hydrogens is 329 g/mol. The summed E-state index contributed by atoms with van der Waals surface area (Å²) in [5.74, 6) is -0.107. The van der Waals surface area contributed by atoms with Crippen molar-refractivity contribution in [2.75, 3.05) is 5.32 Å². The van der Waals surface area contributed by atoms with Crippen LogP contribution in [-0.4, -0.2) is 5.78 Å². The minimum absolute atomic E-state index is 0.107. The van der Waals surface area contributed by atoms with Gasteiger partial charge in [0.25, 0.3) is 0 Å². The van der Waals surface area contributed by atoms with Crippen LogP contribution >= 0.6 is 34.8 Å². The van der Waals surface area contributed by atoms with Crippen LogP contribution in [0.1, 0.15) is 17.3 Å².